The molecule has 120 valence electrons. The molecule has 0 aromatic heterocycles. The molecule has 0 spiro atoms. The Kier molecular flexibility index (Phi) is 7.32. The lowest BCUT2D eigenvalue weighted by Gasteiger charge is -2.16. The van der Waals surface area contributed by atoms with E-state index in [-0.39, 0.29) is 0 Å². The molecule has 0 aliphatic rings. The normalized spacial score (nSPS) is 10.7. The maximum atomic E-state index is 8.92. The van der Waals surface area contributed by atoms with E-state index in [1.54, 1.807) is 0 Å². The number of rotatable bonds is 9. The molecule has 0 radical (unpaired) electrons. The molecule has 0 fully saturated rings. The molecule has 0 saturated heterocycles. The summed E-state index contributed by atoms with van der Waals surface area (Å²) < 4.78 is 5.70. The zero-order valence-electron chi connectivity index (χ0n) is 13.7. The summed E-state index contributed by atoms with van der Waals surface area (Å²) in [6.07, 6.45) is 1.99. The van der Waals surface area contributed by atoms with Gasteiger partial charge in [0.2, 0.25) is 0 Å². The minimum Gasteiger partial charge on any atom is -0.381 e. The van der Waals surface area contributed by atoms with Crippen molar-refractivity contribution in [2.24, 2.45) is 0 Å². The first-order valence-electron chi connectivity index (χ1n) is 8.07. The number of hydrogen-bond donors (Lipinski definition) is 0. The summed E-state index contributed by atoms with van der Waals surface area (Å²) in [6, 6.07) is 20.4. The number of nitrogens with zero attached hydrogens (tertiary/aromatic N) is 2. The van der Waals surface area contributed by atoms with Crippen molar-refractivity contribution in [3.05, 3.63) is 71.3 Å². The van der Waals surface area contributed by atoms with Gasteiger partial charge in [-0.25, -0.2) is 0 Å². The highest BCUT2D eigenvalue weighted by atomic mass is 16.5. The van der Waals surface area contributed by atoms with Crippen LogP contribution < -0.4 is 0 Å². The van der Waals surface area contributed by atoms with Gasteiger partial charge in [-0.15, -0.1) is 0 Å². The highest BCUT2D eigenvalue weighted by Gasteiger charge is 2.01. The van der Waals surface area contributed by atoms with E-state index in [1.165, 1.54) is 11.1 Å². The molecule has 0 heterocycles. The van der Waals surface area contributed by atoms with E-state index in [0.717, 1.165) is 44.7 Å². The molecule has 0 unspecified atom stereocenters. The summed E-state index contributed by atoms with van der Waals surface area (Å²) in [5, 5.41) is 8.92. The first-order chi connectivity index (χ1) is 11.3. The summed E-state index contributed by atoms with van der Waals surface area (Å²) in [7, 11) is 2.10. The van der Waals surface area contributed by atoms with Crippen molar-refractivity contribution in [1.29, 1.82) is 5.26 Å². The molecule has 0 aliphatic carbocycles. The SMILES string of the molecule is CN(CCCOCCc1ccccc1)Cc1cccc(C#N)c1. The third kappa shape index (κ3) is 6.65. The summed E-state index contributed by atoms with van der Waals surface area (Å²) in [4.78, 5) is 2.26. The zero-order chi connectivity index (χ0) is 16.3. The third-order valence-corrected chi connectivity index (χ3v) is 3.71. The maximum absolute atomic E-state index is 8.92. The number of hydrogen-bond acceptors (Lipinski definition) is 3. The number of benzene rings is 2. The van der Waals surface area contributed by atoms with Crippen LogP contribution in [-0.2, 0) is 17.7 Å². The molecule has 3 heteroatoms. The van der Waals surface area contributed by atoms with Gasteiger partial charge in [-0.1, -0.05) is 42.5 Å². The fourth-order valence-corrected chi connectivity index (χ4v) is 2.50. The van der Waals surface area contributed by atoms with Crippen LogP contribution in [0.15, 0.2) is 54.6 Å². The molecule has 2 rings (SSSR count). The Labute approximate surface area is 139 Å². The molecule has 0 aliphatic heterocycles. The smallest absolute Gasteiger partial charge is 0.0991 e. The van der Waals surface area contributed by atoms with Gasteiger partial charge in [0.15, 0.2) is 0 Å². The van der Waals surface area contributed by atoms with E-state index >= 15 is 0 Å². The molecule has 0 amide bonds. The van der Waals surface area contributed by atoms with Gasteiger partial charge in [-0.3, -0.25) is 0 Å². The summed E-state index contributed by atoms with van der Waals surface area (Å²) in [5.74, 6) is 0. The predicted octanol–water partition coefficient (Wildman–Crippen LogP) is 3.64. The largest absolute Gasteiger partial charge is 0.381 e. The van der Waals surface area contributed by atoms with Crippen LogP contribution in [0.4, 0.5) is 0 Å². The van der Waals surface area contributed by atoms with Gasteiger partial charge in [0.1, 0.15) is 0 Å². The Morgan fingerprint density at radius 1 is 1.00 bits per heavy atom. The Morgan fingerprint density at radius 2 is 1.78 bits per heavy atom. The molecule has 2 aromatic carbocycles. The lowest BCUT2D eigenvalue weighted by atomic mass is 10.1. The molecular formula is C20H24N2O. The van der Waals surface area contributed by atoms with Gasteiger partial charge < -0.3 is 9.64 Å². The highest BCUT2D eigenvalue weighted by molar-refractivity contribution is 5.32. The fourth-order valence-electron chi connectivity index (χ4n) is 2.50. The van der Waals surface area contributed by atoms with Gasteiger partial charge in [0.25, 0.3) is 0 Å². The third-order valence-electron chi connectivity index (χ3n) is 3.71. The van der Waals surface area contributed by atoms with Crippen molar-refractivity contribution in [1.82, 2.24) is 4.90 Å². The minimum absolute atomic E-state index is 0.722. The molecule has 23 heavy (non-hydrogen) atoms. The Bertz CT molecular complexity index is 619. The van der Waals surface area contributed by atoms with Gasteiger partial charge in [-0.05, 0) is 43.1 Å². The molecular weight excluding hydrogens is 284 g/mol. The van der Waals surface area contributed by atoms with E-state index < -0.39 is 0 Å². The van der Waals surface area contributed by atoms with Crippen molar-refractivity contribution >= 4 is 0 Å². The Morgan fingerprint density at radius 3 is 2.57 bits per heavy atom. The van der Waals surface area contributed by atoms with E-state index in [1.807, 2.05) is 24.3 Å². The van der Waals surface area contributed by atoms with Crippen molar-refractivity contribution in [2.45, 2.75) is 19.4 Å². The van der Waals surface area contributed by atoms with E-state index in [0.29, 0.717) is 0 Å². The molecule has 0 atom stereocenters. The van der Waals surface area contributed by atoms with E-state index in [4.69, 9.17) is 10.00 Å². The summed E-state index contributed by atoms with van der Waals surface area (Å²) >= 11 is 0. The first-order valence-corrected chi connectivity index (χ1v) is 8.07. The quantitative estimate of drug-likeness (QED) is 0.664. The fraction of sp³-hybridized carbons (Fsp3) is 0.350. The molecule has 0 N–H and O–H groups in total. The van der Waals surface area contributed by atoms with Gasteiger partial charge in [0, 0.05) is 19.7 Å². The predicted molar refractivity (Wildman–Crippen MR) is 93.1 cm³/mol. The van der Waals surface area contributed by atoms with Crippen LogP contribution in [0.25, 0.3) is 0 Å². The van der Waals surface area contributed by atoms with Crippen molar-refractivity contribution in [3.63, 3.8) is 0 Å². The lowest BCUT2D eigenvalue weighted by Crippen LogP contribution is -2.20. The molecule has 2 aromatic rings. The van der Waals surface area contributed by atoms with Crippen LogP contribution in [0.1, 0.15) is 23.1 Å². The van der Waals surface area contributed by atoms with Gasteiger partial charge in [0.05, 0.1) is 18.2 Å². The first kappa shape index (κ1) is 17.2. The van der Waals surface area contributed by atoms with Crippen molar-refractivity contribution in [3.8, 4) is 6.07 Å². The van der Waals surface area contributed by atoms with Crippen LogP contribution in [0.2, 0.25) is 0 Å². The Balaban J connectivity index is 1.58. The molecule has 3 nitrogen and oxygen atoms in total. The monoisotopic (exact) mass is 308 g/mol. The van der Waals surface area contributed by atoms with Crippen molar-refractivity contribution < 1.29 is 4.74 Å². The van der Waals surface area contributed by atoms with Gasteiger partial charge in [-0.2, -0.15) is 5.26 Å². The van der Waals surface area contributed by atoms with Crippen LogP contribution in [0.5, 0.6) is 0 Å². The van der Waals surface area contributed by atoms with Crippen LogP contribution in [-0.4, -0.2) is 31.7 Å². The number of ether oxygens (including phenoxy) is 1. The summed E-state index contributed by atoms with van der Waals surface area (Å²) in [6.45, 7) is 3.41. The average Bonchev–Trinajstić information content (AvgIpc) is 2.59. The average molecular weight is 308 g/mol. The minimum atomic E-state index is 0.722. The van der Waals surface area contributed by atoms with Gasteiger partial charge >= 0.3 is 0 Å². The highest BCUT2D eigenvalue weighted by Crippen LogP contribution is 2.07. The van der Waals surface area contributed by atoms with E-state index in [2.05, 4.69) is 48.3 Å². The summed E-state index contributed by atoms with van der Waals surface area (Å²) in [5.41, 5.74) is 3.22. The number of nitriles is 1. The zero-order valence-corrected chi connectivity index (χ0v) is 13.7. The van der Waals surface area contributed by atoms with Crippen molar-refractivity contribution in [2.75, 3.05) is 26.8 Å². The van der Waals surface area contributed by atoms with Crippen LogP contribution in [0, 0.1) is 11.3 Å². The Hall–Kier alpha value is -2.15. The van der Waals surface area contributed by atoms with E-state index in [9.17, 15) is 0 Å². The lowest BCUT2D eigenvalue weighted by molar-refractivity contribution is 0.125. The van der Waals surface area contributed by atoms with Crippen LogP contribution >= 0.6 is 0 Å². The second-order valence-electron chi connectivity index (χ2n) is 5.75. The molecule has 0 bridgehead atoms. The maximum Gasteiger partial charge on any atom is 0.0991 e. The standard InChI is InChI=1S/C20H24N2O/c1-22(17-20-10-5-9-19(15-20)16-21)12-6-13-23-14-11-18-7-3-2-4-8-18/h2-5,7-10,15H,6,11-14,17H2,1H3. The topological polar surface area (TPSA) is 36.3 Å². The molecule has 0 saturated carbocycles. The second kappa shape index (κ2) is 9.78. The van der Waals surface area contributed by atoms with Crippen LogP contribution in [0.3, 0.4) is 0 Å². The second-order valence-corrected chi connectivity index (χ2v) is 5.75.